The van der Waals surface area contributed by atoms with Gasteiger partial charge < -0.3 is 20.7 Å². The lowest BCUT2D eigenvalue weighted by Gasteiger charge is -2.22. The van der Waals surface area contributed by atoms with Gasteiger partial charge in [-0.1, -0.05) is 5.18 Å². The first-order chi connectivity index (χ1) is 6.11. The van der Waals surface area contributed by atoms with Gasteiger partial charge in [0.2, 0.25) is 0 Å². The molecule has 0 amide bonds. The SMILES string of the molecule is CC(CCN=O)OC(CO)C(N)O. The standard InChI is InChI=1S/C7H16N2O4/c1-5(2-3-9-12)13-6(4-10)7(8)11/h5-7,10-11H,2-4,8H2,1H3. The molecule has 0 aromatic heterocycles. The summed E-state index contributed by atoms with van der Waals surface area (Å²) in [5.41, 5.74) is 5.11. The number of hydrogen-bond acceptors (Lipinski definition) is 6. The van der Waals surface area contributed by atoms with Gasteiger partial charge in [-0.05, 0) is 13.3 Å². The van der Waals surface area contributed by atoms with Crippen LogP contribution in [0.3, 0.4) is 0 Å². The summed E-state index contributed by atoms with van der Waals surface area (Å²) in [7, 11) is 0. The van der Waals surface area contributed by atoms with E-state index in [-0.39, 0.29) is 19.3 Å². The highest BCUT2D eigenvalue weighted by Crippen LogP contribution is 2.04. The van der Waals surface area contributed by atoms with Crippen LogP contribution in [0.1, 0.15) is 13.3 Å². The summed E-state index contributed by atoms with van der Waals surface area (Å²) < 4.78 is 5.14. The maximum atomic E-state index is 9.77. The minimum absolute atomic E-state index is 0.153. The summed E-state index contributed by atoms with van der Waals surface area (Å²) in [6, 6.07) is 0. The highest BCUT2D eigenvalue weighted by molar-refractivity contribution is 4.64. The Morgan fingerprint density at radius 3 is 2.62 bits per heavy atom. The van der Waals surface area contributed by atoms with E-state index in [0.717, 1.165) is 0 Å². The van der Waals surface area contributed by atoms with Gasteiger partial charge in [-0.25, -0.2) is 0 Å². The van der Waals surface area contributed by atoms with Crippen molar-refractivity contribution in [1.29, 1.82) is 0 Å². The van der Waals surface area contributed by atoms with Gasteiger partial charge >= 0.3 is 0 Å². The predicted octanol–water partition coefficient (Wildman–Crippen LogP) is -0.814. The largest absolute Gasteiger partial charge is 0.394 e. The van der Waals surface area contributed by atoms with Crippen LogP contribution in [0, 0.1) is 4.91 Å². The van der Waals surface area contributed by atoms with E-state index in [0.29, 0.717) is 6.42 Å². The Morgan fingerprint density at radius 2 is 2.23 bits per heavy atom. The van der Waals surface area contributed by atoms with E-state index in [9.17, 15) is 4.91 Å². The van der Waals surface area contributed by atoms with Crippen molar-refractivity contribution in [2.45, 2.75) is 31.8 Å². The zero-order chi connectivity index (χ0) is 10.3. The van der Waals surface area contributed by atoms with Crippen LogP contribution in [0.15, 0.2) is 5.18 Å². The zero-order valence-corrected chi connectivity index (χ0v) is 7.59. The van der Waals surface area contributed by atoms with Gasteiger partial charge in [-0.15, -0.1) is 0 Å². The fourth-order valence-electron chi connectivity index (χ4n) is 0.832. The molecule has 0 aromatic rings. The fraction of sp³-hybridized carbons (Fsp3) is 1.00. The molecule has 0 saturated carbocycles. The van der Waals surface area contributed by atoms with Gasteiger partial charge in [-0.2, -0.15) is 4.91 Å². The summed E-state index contributed by atoms with van der Waals surface area (Å²) in [6.07, 6.45) is -1.82. The van der Waals surface area contributed by atoms with Crippen LogP contribution in [0.2, 0.25) is 0 Å². The van der Waals surface area contributed by atoms with E-state index in [1.807, 2.05) is 0 Å². The van der Waals surface area contributed by atoms with Gasteiger partial charge in [0.05, 0.1) is 19.3 Å². The molecule has 13 heavy (non-hydrogen) atoms. The van der Waals surface area contributed by atoms with E-state index in [1.54, 1.807) is 6.92 Å². The molecule has 0 heterocycles. The summed E-state index contributed by atoms with van der Waals surface area (Å²) in [5.74, 6) is 0. The van der Waals surface area contributed by atoms with Crippen molar-refractivity contribution < 1.29 is 14.9 Å². The molecule has 0 aliphatic carbocycles. The normalized spacial score (nSPS) is 17.8. The smallest absolute Gasteiger partial charge is 0.131 e. The Bertz CT molecular complexity index is 142. The molecule has 0 fully saturated rings. The molecule has 3 atom stereocenters. The summed E-state index contributed by atoms with van der Waals surface area (Å²) in [5, 5.41) is 20.3. The molecular weight excluding hydrogens is 176 g/mol. The Hall–Kier alpha value is -0.560. The monoisotopic (exact) mass is 192 g/mol. The minimum Gasteiger partial charge on any atom is -0.394 e. The maximum Gasteiger partial charge on any atom is 0.131 e. The van der Waals surface area contributed by atoms with Gasteiger partial charge in [0, 0.05) is 0 Å². The van der Waals surface area contributed by atoms with Crippen molar-refractivity contribution in [1.82, 2.24) is 0 Å². The number of nitrogens with zero attached hydrogens (tertiary/aromatic N) is 1. The van der Waals surface area contributed by atoms with Crippen molar-refractivity contribution in [2.24, 2.45) is 10.9 Å². The highest BCUT2D eigenvalue weighted by atomic mass is 16.5. The van der Waals surface area contributed by atoms with Crippen molar-refractivity contribution >= 4 is 0 Å². The Labute approximate surface area is 76.7 Å². The maximum absolute atomic E-state index is 9.77. The Kier molecular flexibility index (Phi) is 6.61. The number of nitrogens with two attached hydrogens (primary N) is 1. The number of aliphatic hydroxyl groups excluding tert-OH is 2. The van der Waals surface area contributed by atoms with Crippen molar-refractivity contribution in [3.05, 3.63) is 4.91 Å². The average Bonchev–Trinajstić information content (AvgIpc) is 2.10. The quantitative estimate of drug-likeness (QED) is 0.361. The summed E-state index contributed by atoms with van der Waals surface area (Å²) in [6.45, 7) is 1.52. The zero-order valence-electron chi connectivity index (χ0n) is 7.59. The van der Waals surface area contributed by atoms with Crippen LogP contribution < -0.4 is 5.73 Å². The molecule has 0 saturated heterocycles. The third-order valence-electron chi connectivity index (χ3n) is 1.59. The molecule has 0 spiro atoms. The number of hydrogen-bond donors (Lipinski definition) is 3. The van der Waals surface area contributed by atoms with Crippen LogP contribution in [-0.2, 0) is 4.74 Å². The van der Waals surface area contributed by atoms with Gasteiger partial charge in [0.25, 0.3) is 0 Å². The van der Waals surface area contributed by atoms with Gasteiger partial charge in [0.15, 0.2) is 0 Å². The molecule has 0 aliphatic rings. The third-order valence-corrected chi connectivity index (χ3v) is 1.59. The van der Waals surface area contributed by atoms with Crippen molar-refractivity contribution in [2.75, 3.05) is 13.2 Å². The molecule has 6 nitrogen and oxygen atoms in total. The molecule has 0 aliphatic heterocycles. The molecule has 0 rings (SSSR count). The van der Waals surface area contributed by atoms with E-state index < -0.39 is 12.3 Å². The molecule has 0 aromatic carbocycles. The Morgan fingerprint density at radius 1 is 1.62 bits per heavy atom. The lowest BCUT2D eigenvalue weighted by molar-refractivity contribution is -0.0914. The number of nitroso groups, excluding NO2 is 1. The highest BCUT2D eigenvalue weighted by Gasteiger charge is 2.17. The predicted molar refractivity (Wildman–Crippen MR) is 46.9 cm³/mol. The van der Waals surface area contributed by atoms with Gasteiger partial charge in [-0.3, -0.25) is 0 Å². The molecule has 78 valence electrons. The van der Waals surface area contributed by atoms with Crippen molar-refractivity contribution in [3.63, 3.8) is 0 Å². The van der Waals surface area contributed by atoms with Crippen LogP contribution in [-0.4, -0.2) is 41.8 Å². The second kappa shape index (κ2) is 6.90. The van der Waals surface area contributed by atoms with E-state index >= 15 is 0 Å². The summed E-state index contributed by atoms with van der Waals surface area (Å²) >= 11 is 0. The second-order valence-electron chi connectivity index (χ2n) is 2.80. The first kappa shape index (κ1) is 12.4. The van der Waals surface area contributed by atoms with E-state index in [2.05, 4.69) is 5.18 Å². The lowest BCUT2D eigenvalue weighted by Crippen LogP contribution is -2.41. The first-order valence-electron chi connectivity index (χ1n) is 4.11. The average molecular weight is 192 g/mol. The second-order valence-corrected chi connectivity index (χ2v) is 2.80. The van der Waals surface area contributed by atoms with Crippen LogP contribution >= 0.6 is 0 Å². The third kappa shape index (κ3) is 5.64. The van der Waals surface area contributed by atoms with E-state index in [1.165, 1.54) is 0 Å². The fourth-order valence-corrected chi connectivity index (χ4v) is 0.832. The van der Waals surface area contributed by atoms with E-state index in [4.69, 9.17) is 20.7 Å². The van der Waals surface area contributed by atoms with Crippen LogP contribution in [0.5, 0.6) is 0 Å². The van der Waals surface area contributed by atoms with Crippen LogP contribution in [0.4, 0.5) is 0 Å². The molecule has 4 N–H and O–H groups in total. The van der Waals surface area contributed by atoms with Gasteiger partial charge in [0.1, 0.15) is 12.3 Å². The number of ether oxygens (including phenoxy) is 1. The molecule has 3 unspecified atom stereocenters. The lowest BCUT2D eigenvalue weighted by atomic mass is 10.2. The Balaban J connectivity index is 3.72. The number of aliphatic hydroxyl groups is 2. The number of rotatable bonds is 7. The summed E-state index contributed by atoms with van der Waals surface area (Å²) in [4.78, 5) is 9.77. The minimum atomic E-state index is -1.21. The molecule has 6 heteroatoms. The first-order valence-corrected chi connectivity index (χ1v) is 4.11. The molecular formula is C7H16N2O4. The topological polar surface area (TPSA) is 105 Å². The van der Waals surface area contributed by atoms with Crippen molar-refractivity contribution in [3.8, 4) is 0 Å². The molecule has 0 radical (unpaired) electrons. The van der Waals surface area contributed by atoms with Crippen LogP contribution in [0.25, 0.3) is 0 Å². The molecule has 0 bridgehead atoms.